The number of carbonyl (C=O) groups is 1. The molecule has 1 aliphatic heterocycles. The van der Waals surface area contributed by atoms with Crippen molar-refractivity contribution in [2.75, 3.05) is 20.3 Å². The fraction of sp³-hybridized carbons (Fsp3) is 0.842. The molecule has 0 bridgehead atoms. The summed E-state index contributed by atoms with van der Waals surface area (Å²) in [4.78, 5) is 14.9. The van der Waals surface area contributed by atoms with Gasteiger partial charge in [-0.15, -0.1) is 0 Å². The second-order valence-corrected chi connectivity index (χ2v) is 7.80. The van der Waals surface area contributed by atoms with E-state index in [1.165, 1.54) is 6.42 Å². The molecule has 0 aromatic heterocycles. The van der Waals surface area contributed by atoms with E-state index in [0.29, 0.717) is 13.2 Å². The molecule has 1 unspecified atom stereocenters. The Morgan fingerprint density at radius 3 is 2.54 bits per heavy atom. The van der Waals surface area contributed by atoms with E-state index in [0.717, 1.165) is 44.1 Å². The lowest BCUT2D eigenvalue weighted by Crippen LogP contribution is -2.56. The maximum Gasteiger partial charge on any atom is 0.413 e. The normalized spacial score (nSPS) is 23.2. The second kappa shape index (κ2) is 7.87. The molecular weight excluding hydrogens is 306 g/mol. The molecule has 2 rings (SSSR count). The van der Waals surface area contributed by atoms with Gasteiger partial charge >= 0.3 is 6.09 Å². The summed E-state index contributed by atoms with van der Waals surface area (Å²) in [5.74, 6) is 0. The number of rotatable bonds is 6. The summed E-state index contributed by atoms with van der Waals surface area (Å²) >= 11 is 0. The monoisotopic (exact) mass is 339 g/mol. The summed E-state index contributed by atoms with van der Waals surface area (Å²) in [6.07, 6.45) is 6.22. The van der Waals surface area contributed by atoms with E-state index in [-0.39, 0.29) is 17.7 Å². The lowest BCUT2D eigenvalue weighted by Gasteiger charge is -2.43. The van der Waals surface area contributed by atoms with Crippen molar-refractivity contribution in [3.8, 4) is 0 Å². The third-order valence-electron chi connectivity index (χ3n) is 5.13. The smallest absolute Gasteiger partial charge is 0.413 e. The van der Waals surface area contributed by atoms with Crippen molar-refractivity contribution in [1.82, 2.24) is 4.90 Å². The predicted octanol–water partition coefficient (Wildman–Crippen LogP) is 4.27. The number of amides is 1. The maximum atomic E-state index is 13.0. The van der Waals surface area contributed by atoms with Crippen LogP contribution in [0.2, 0.25) is 0 Å². The molecule has 0 N–H and O–H groups in total. The van der Waals surface area contributed by atoms with Crippen LogP contribution < -0.4 is 0 Å². The number of ether oxygens (including phenoxy) is 3. The first-order valence-corrected chi connectivity index (χ1v) is 9.12. The third-order valence-corrected chi connectivity index (χ3v) is 5.13. The van der Waals surface area contributed by atoms with E-state index in [4.69, 9.17) is 14.2 Å². The quantitative estimate of drug-likeness (QED) is 0.536. The Kier molecular flexibility index (Phi) is 6.32. The Morgan fingerprint density at radius 1 is 1.29 bits per heavy atom. The molecule has 0 aromatic rings. The SMILES string of the molecule is C=C(C)C(CCCOC)OC(=O)N1C(C)(C)COC12CCCCC2. The molecule has 1 atom stereocenters. The van der Waals surface area contributed by atoms with E-state index < -0.39 is 5.72 Å². The van der Waals surface area contributed by atoms with Gasteiger partial charge in [0, 0.05) is 13.7 Å². The number of methoxy groups -OCH3 is 1. The first-order valence-electron chi connectivity index (χ1n) is 9.12. The van der Waals surface area contributed by atoms with Gasteiger partial charge in [0.1, 0.15) is 11.8 Å². The zero-order valence-corrected chi connectivity index (χ0v) is 15.7. The van der Waals surface area contributed by atoms with Crippen LogP contribution in [0.3, 0.4) is 0 Å². The number of hydrogen-bond donors (Lipinski definition) is 0. The molecule has 5 heteroatoms. The summed E-state index contributed by atoms with van der Waals surface area (Å²) in [6.45, 7) is 11.2. The van der Waals surface area contributed by atoms with E-state index in [9.17, 15) is 4.79 Å². The Bertz CT molecular complexity index is 454. The second-order valence-electron chi connectivity index (χ2n) is 7.80. The van der Waals surface area contributed by atoms with Crippen LogP contribution >= 0.6 is 0 Å². The Morgan fingerprint density at radius 2 is 1.96 bits per heavy atom. The van der Waals surface area contributed by atoms with Gasteiger partial charge in [-0.25, -0.2) is 4.79 Å². The molecule has 0 aromatic carbocycles. The van der Waals surface area contributed by atoms with Gasteiger partial charge in [0.15, 0.2) is 0 Å². The molecule has 1 aliphatic carbocycles. The highest BCUT2D eigenvalue weighted by molar-refractivity contribution is 5.70. The average molecular weight is 339 g/mol. The number of nitrogens with zero attached hydrogens (tertiary/aromatic N) is 1. The van der Waals surface area contributed by atoms with Crippen molar-refractivity contribution in [2.24, 2.45) is 0 Å². The molecule has 1 spiro atoms. The van der Waals surface area contributed by atoms with Gasteiger partial charge < -0.3 is 14.2 Å². The number of carbonyl (C=O) groups excluding carboxylic acids is 1. The van der Waals surface area contributed by atoms with Gasteiger partial charge in [-0.2, -0.15) is 0 Å². The van der Waals surface area contributed by atoms with Crippen LogP contribution in [0.1, 0.15) is 65.7 Å². The van der Waals surface area contributed by atoms with E-state index in [1.807, 2.05) is 11.8 Å². The van der Waals surface area contributed by atoms with Gasteiger partial charge in [0.25, 0.3) is 0 Å². The molecule has 1 amide bonds. The molecule has 1 saturated carbocycles. The van der Waals surface area contributed by atoms with Crippen LogP contribution in [0.5, 0.6) is 0 Å². The van der Waals surface area contributed by atoms with Crippen LogP contribution in [0.25, 0.3) is 0 Å². The van der Waals surface area contributed by atoms with Gasteiger partial charge in [-0.3, -0.25) is 4.90 Å². The lowest BCUT2D eigenvalue weighted by atomic mass is 9.89. The van der Waals surface area contributed by atoms with Gasteiger partial charge in [0.2, 0.25) is 0 Å². The number of hydrogen-bond acceptors (Lipinski definition) is 4. The summed E-state index contributed by atoms with van der Waals surface area (Å²) in [5, 5.41) is 0. The van der Waals surface area contributed by atoms with Crippen molar-refractivity contribution >= 4 is 6.09 Å². The zero-order valence-electron chi connectivity index (χ0n) is 15.7. The van der Waals surface area contributed by atoms with Crippen molar-refractivity contribution < 1.29 is 19.0 Å². The minimum absolute atomic E-state index is 0.273. The Labute approximate surface area is 146 Å². The molecule has 2 fully saturated rings. The minimum atomic E-state index is -0.481. The van der Waals surface area contributed by atoms with Crippen LogP contribution in [0.15, 0.2) is 12.2 Å². The summed E-state index contributed by atoms with van der Waals surface area (Å²) < 4.78 is 17.1. The van der Waals surface area contributed by atoms with Crippen LogP contribution in [-0.2, 0) is 14.2 Å². The van der Waals surface area contributed by atoms with Gasteiger partial charge in [-0.05, 0) is 64.9 Å². The summed E-state index contributed by atoms with van der Waals surface area (Å²) in [5.41, 5.74) is 0.0426. The molecule has 5 nitrogen and oxygen atoms in total. The van der Waals surface area contributed by atoms with Crippen LogP contribution in [0, 0.1) is 0 Å². The van der Waals surface area contributed by atoms with Crippen LogP contribution in [-0.4, -0.2) is 48.7 Å². The molecular formula is C19H33NO4. The van der Waals surface area contributed by atoms with Crippen molar-refractivity contribution in [3.63, 3.8) is 0 Å². The minimum Gasteiger partial charge on any atom is -0.442 e. The topological polar surface area (TPSA) is 48.0 Å². The van der Waals surface area contributed by atoms with E-state index in [1.54, 1.807) is 7.11 Å². The molecule has 1 saturated heterocycles. The molecule has 24 heavy (non-hydrogen) atoms. The Balaban J connectivity index is 2.10. The lowest BCUT2D eigenvalue weighted by molar-refractivity contribution is -0.106. The summed E-state index contributed by atoms with van der Waals surface area (Å²) in [7, 11) is 1.68. The molecule has 138 valence electrons. The van der Waals surface area contributed by atoms with E-state index >= 15 is 0 Å². The highest BCUT2D eigenvalue weighted by atomic mass is 16.6. The third kappa shape index (κ3) is 4.12. The van der Waals surface area contributed by atoms with Gasteiger partial charge in [0.05, 0.1) is 12.1 Å². The Hall–Kier alpha value is -1.07. The van der Waals surface area contributed by atoms with Crippen molar-refractivity contribution in [3.05, 3.63) is 12.2 Å². The highest BCUT2D eigenvalue weighted by Crippen LogP contribution is 2.44. The van der Waals surface area contributed by atoms with Crippen molar-refractivity contribution in [1.29, 1.82) is 0 Å². The fourth-order valence-electron chi connectivity index (χ4n) is 3.87. The van der Waals surface area contributed by atoms with Crippen LogP contribution in [0.4, 0.5) is 4.79 Å². The summed E-state index contributed by atoms with van der Waals surface area (Å²) in [6, 6.07) is 0. The van der Waals surface area contributed by atoms with Crippen molar-refractivity contribution in [2.45, 2.75) is 83.1 Å². The zero-order chi connectivity index (χ0) is 17.8. The maximum absolute atomic E-state index is 13.0. The molecule has 2 aliphatic rings. The first-order chi connectivity index (χ1) is 11.3. The fourth-order valence-corrected chi connectivity index (χ4v) is 3.87. The average Bonchev–Trinajstić information content (AvgIpc) is 2.78. The van der Waals surface area contributed by atoms with E-state index in [2.05, 4.69) is 20.4 Å². The molecule has 1 heterocycles. The predicted molar refractivity (Wildman–Crippen MR) is 93.9 cm³/mol. The standard InChI is InChI=1S/C19H33NO4/c1-15(2)16(10-9-13-22-5)24-17(21)20-18(3,4)14-23-19(20)11-7-6-8-12-19/h16H,1,6-14H2,2-5H3. The first kappa shape index (κ1) is 19.3. The highest BCUT2D eigenvalue weighted by Gasteiger charge is 2.55. The molecule has 0 radical (unpaired) electrons. The van der Waals surface area contributed by atoms with Gasteiger partial charge in [-0.1, -0.05) is 13.0 Å². The largest absolute Gasteiger partial charge is 0.442 e.